The van der Waals surface area contributed by atoms with E-state index in [0.29, 0.717) is 5.75 Å². The van der Waals surface area contributed by atoms with Gasteiger partial charge < -0.3 is 9.59 Å². The second-order valence-electron chi connectivity index (χ2n) is 7.67. The van der Waals surface area contributed by atoms with E-state index >= 15 is 0 Å². The van der Waals surface area contributed by atoms with Gasteiger partial charge >= 0.3 is 0 Å². The smallest absolute Gasteiger partial charge is 0.116 e. The first-order valence-electron chi connectivity index (χ1n) is 9.63. The number of phenols is 1. The highest BCUT2D eigenvalue weighted by molar-refractivity contribution is 5.26. The van der Waals surface area contributed by atoms with Crippen LogP contribution in [0.25, 0.3) is 0 Å². The van der Waals surface area contributed by atoms with Gasteiger partial charge in [-0.25, -0.2) is 0 Å². The van der Waals surface area contributed by atoms with Gasteiger partial charge in [-0.05, 0) is 25.0 Å². The topological polar surface area (TPSA) is 20.2 Å². The van der Waals surface area contributed by atoms with Gasteiger partial charge in [0.1, 0.15) is 12.3 Å². The highest BCUT2D eigenvalue weighted by Gasteiger charge is 2.15. The van der Waals surface area contributed by atoms with Crippen molar-refractivity contribution in [2.75, 3.05) is 20.6 Å². The molecule has 2 nitrogen and oxygen atoms in total. The minimum absolute atomic E-state index is 0.376. The summed E-state index contributed by atoms with van der Waals surface area (Å²) in [6, 6.07) is 7.67. The maximum absolute atomic E-state index is 9.57. The summed E-state index contributed by atoms with van der Waals surface area (Å²) in [6.45, 7) is 4.48. The molecule has 23 heavy (non-hydrogen) atoms. The molecular weight excluding hydrogens is 282 g/mol. The monoisotopic (exact) mass is 320 g/mol. The summed E-state index contributed by atoms with van der Waals surface area (Å²) in [5.74, 6) is 0.376. The standard InChI is InChI=1S/C21H37NO/c1-4-5-6-7-8-9-10-11-12-13-17-22(2,3)19-20-15-14-16-21(23)18-20/h14-16,18H,4-13,17,19H2,1-3H3/p+1. The van der Waals surface area contributed by atoms with Crippen molar-refractivity contribution < 1.29 is 9.59 Å². The predicted octanol–water partition coefficient (Wildman–Crippen LogP) is 5.89. The molecule has 132 valence electrons. The summed E-state index contributed by atoms with van der Waals surface area (Å²) in [7, 11) is 4.58. The first-order chi connectivity index (χ1) is 11.0. The lowest BCUT2D eigenvalue weighted by atomic mass is 10.1. The Labute approximate surface area is 144 Å². The van der Waals surface area contributed by atoms with Gasteiger partial charge in [-0.15, -0.1) is 0 Å². The summed E-state index contributed by atoms with van der Waals surface area (Å²) in [6.07, 6.45) is 13.9. The van der Waals surface area contributed by atoms with Crippen molar-refractivity contribution in [2.45, 2.75) is 77.7 Å². The van der Waals surface area contributed by atoms with Crippen LogP contribution in [0, 0.1) is 0 Å². The van der Waals surface area contributed by atoms with Crippen molar-refractivity contribution in [1.29, 1.82) is 0 Å². The molecule has 1 aromatic rings. The maximum Gasteiger partial charge on any atom is 0.116 e. The molecule has 0 radical (unpaired) electrons. The SMILES string of the molecule is CCCCCCCCCCCC[N+](C)(C)Cc1cccc(O)c1. The first kappa shape index (κ1) is 20.0. The Bertz CT molecular complexity index is 414. The molecule has 0 atom stereocenters. The lowest BCUT2D eigenvalue weighted by Crippen LogP contribution is -2.39. The molecular formula is C21H38NO+. The largest absolute Gasteiger partial charge is 0.508 e. The molecule has 2 heteroatoms. The fourth-order valence-corrected chi connectivity index (χ4v) is 3.26. The van der Waals surface area contributed by atoms with Crippen molar-refractivity contribution >= 4 is 0 Å². The number of aromatic hydroxyl groups is 1. The molecule has 0 unspecified atom stereocenters. The van der Waals surface area contributed by atoms with E-state index in [4.69, 9.17) is 0 Å². The van der Waals surface area contributed by atoms with Gasteiger partial charge in [0, 0.05) is 5.56 Å². The van der Waals surface area contributed by atoms with Crippen molar-refractivity contribution in [3.63, 3.8) is 0 Å². The van der Waals surface area contributed by atoms with E-state index < -0.39 is 0 Å². The second-order valence-corrected chi connectivity index (χ2v) is 7.67. The lowest BCUT2D eigenvalue weighted by Gasteiger charge is -2.30. The molecule has 1 aromatic carbocycles. The minimum atomic E-state index is 0.376. The normalized spacial score (nSPS) is 11.8. The first-order valence-corrected chi connectivity index (χ1v) is 9.63. The van der Waals surface area contributed by atoms with Crippen molar-refractivity contribution in [3.8, 4) is 5.75 Å². The van der Waals surface area contributed by atoms with E-state index in [1.54, 1.807) is 6.07 Å². The Morgan fingerprint density at radius 3 is 1.96 bits per heavy atom. The number of quaternary nitrogens is 1. The zero-order chi connectivity index (χ0) is 17.0. The zero-order valence-corrected chi connectivity index (χ0v) is 15.7. The molecule has 0 fully saturated rings. The van der Waals surface area contributed by atoms with E-state index in [9.17, 15) is 5.11 Å². The summed E-state index contributed by atoms with van der Waals surface area (Å²) in [5.41, 5.74) is 1.22. The lowest BCUT2D eigenvalue weighted by molar-refractivity contribution is -0.903. The molecule has 0 saturated heterocycles. The molecule has 0 bridgehead atoms. The van der Waals surface area contributed by atoms with E-state index in [0.717, 1.165) is 11.0 Å². The van der Waals surface area contributed by atoms with E-state index in [-0.39, 0.29) is 0 Å². The number of unbranched alkanes of at least 4 members (excludes halogenated alkanes) is 9. The number of benzene rings is 1. The third-order valence-corrected chi connectivity index (χ3v) is 4.64. The van der Waals surface area contributed by atoms with Gasteiger partial charge in [-0.2, -0.15) is 0 Å². The Morgan fingerprint density at radius 1 is 0.826 bits per heavy atom. The molecule has 0 aromatic heterocycles. The molecule has 1 rings (SSSR count). The van der Waals surface area contributed by atoms with Crippen LogP contribution in [-0.2, 0) is 6.54 Å². The Morgan fingerprint density at radius 2 is 1.39 bits per heavy atom. The van der Waals surface area contributed by atoms with Crippen LogP contribution in [0.4, 0.5) is 0 Å². The van der Waals surface area contributed by atoms with Gasteiger partial charge in [0.15, 0.2) is 0 Å². The van der Waals surface area contributed by atoms with Crippen LogP contribution in [-0.4, -0.2) is 30.2 Å². The van der Waals surface area contributed by atoms with E-state index in [1.165, 1.54) is 76.3 Å². The van der Waals surface area contributed by atoms with Gasteiger partial charge in [0.05, 0.1) is 20.6 Å². The number of phenolic OH excluding ortho intramolecular Hbond substituents is 1. The molecule has 0 heterocycles. The molecule has 0 aliphatic heterocycles. The molecule has 0 amide bonds. The van der Waals surface area contributed by atoms with Crippen LogP contribution < -0.4 is 0 Å². The van der Waals surface area contributed by atoms with Crippen LogP contribution >= 0.6 is 0 Å². The highest BCUT2D eigenvalue weighted by Crippen LogP contribution is 2.17. The van der Waals surface area contributed by atoms with Crippen molar-refractivity contribution in [1.82, 2.24) is 0 Å². The Kier molecular flexibility index (Phi) is 10.0. The molecule has 0 aliphatic carbocycles. The highest BCUT2D eigenvalue weighted by atomic mass is 16.3. The van der Waals surface area contributed by atoms with Gasteiger partial charge in [0.2, 0.25) is 0 Å². The maximum atomic E-state index is 9.57. The molecule has 0 spiro atoms. The van der Waals surface area contributed by atoms with E-state index in [2.05, 4.69) is 27.1 Å². The third-order valence-electron chi connectivity index (χ3n) is 4.64. The van der Waals surface area contributed by atoms with Crippen molar-refractivity contribution in [2.24, 2.45) is 0 Å². The van der Waals surface area contributed by atoms with Crippen molar-refractivity contribution in [3.05, 3.63) is 29.8 Å². The van der Waals surface area contributed by atoms with E-state index in [1.807, 2.05) is 12.1 Å². The van der Waals surface area contributed by atoms with Gasteiger partial charge in [-0.3, -0.25) is 0 Å². The Balaban J connectivity index is 2.05. The zero-order valence-electron chi connectivity index (χ0n) is 15.7. The average Bonchev–Trinajstić information content (AvgIpc) is 2.48. The average molecular weight is 321 g/mol. The third kappa shape index (κ3) is 10.4. The van der Waals surface area contributed by atoms with Crippen LogP contribution in [0.15, 0.2) is 24.3 Å². The Hall–Kier alpha value is -1.02. The fraction of sp³-hybridized carbons (Fsp3) is 0.714. The molecule has 0 saturated carbocycles. The fourth-order valence-electron chi connectivity index (χ4n) is 3.26. The van der Waals surface area contributed by atoms with Crippen LogP contribution in [0.2, 0.25) is 0 Å². The molecule has 0 aliphatic rings. The quantitative estimate of drug-likeness (QED) is 0.355. The minimum Gasteiger partial charge on any atom is -0.508 e. The van der Waals surface area contributed by atoms with Crippen LogP contribution in [0.5, 0.6) is 5.75 Å². The van der Waals surface area contributed by atoms with Gasteiger partial charge in [0.25, 0.3) is 0 Å². The summed E-state index contributed by atoms with van der Waals surface area (Å²) < 4.78 is 1.00. The predicted molar refractivity (Wildman–Crippen MR) is 101 cm³/mol. The summed E-state index contributed by atoms with van der Waals surface area (Å²) in [5, 5.41) is 9.57. The summed E-state index contributed by atoms with van der Waals surface area (Å²) in [4.78, 5) is 0. The number of hydrogen-bond acceptors (Lipinski definition) is 1. The van der Waals surface area contributed by atoms with Crippen LogP contribution in [0.3, 0.4) is 0 Å². The van der Waals surface area contributed by atoms with Gasteiger partial charge in [-0.1, -0.05) is 70.4 Å². The summed E-state index contributed by atoms with van der Waals surface area (Å²) >= 11 is 0. The molecule has 1 N–H and O–H groups in total. The second kappa shape index (κ2) is 11.5. The number of rotatable bonds is 13. The number of nitrogens with zero attached hydrogens (tertiary/aromatic N) is 1. The van der Waals surface area contributed by atoms with Crippen LogP contribution in [0.1, 0.15) is 76.7 Å². The number of hydrogen-bond donors (Lipinski definition) is 1.